The molecule has 0 amide bonds. The van der Waals surface area contributed by atoms with Gasteiger partial charge in [0.15, 0.2) is 5.78 Å². The second-order valence-electron chi connectivity index (χ2n) is 12.7. The zero-order valence-electron chi connectivity index (χ0n) is 27.2. The number of methoxy groups -OCH3 is 1. The van der Waals surface area contributed by atoms with Crippen LogP contribution in [-0.2, 0) is 22.4 Å². The summed E-state index contributed by atoms with van der Waals surface area (Å²) in [6.07, 6.45) is 5.85. The van der Waals surface area contributed by atoms with Crippen molar-refractivity contribution in [2.75, 3.05) is 7.11 Å². The topological polar surface area (TPSA) is 88.1 Å². The highest BCUT2D eigenvalue weighted by atomic mass is 16.5. The maximum atomic E-state index is 13.3. The minimum absolute atomic E-state index is 0.181. The van der Waals surface area contributed by atoms with Crippen LogP contribution in [0.2, 0.25) is 0 Å². The van der Waals surface area contributed by atoms with Gasteiger partial charge in [0.05, 0.1) is 29.6 Å². The Morgan fingerprint density at radius 1 is 0.762 bits per heavy atom. The molecule has 0 bridgehead atoms. The average Bonchev–Trinajstić information content (AvgIpc) is 2.89. The number of ether oxygens (including phenoxy) is 4. The van der Waals surface area contributed by atoms with Crippen LogP contribution in [0.1, 0.15) is 109 Å². The standard InChI is InChI=1S/C35H48O7/c1-12-14-25-29(39-11)26(15-13-2)31(42-33(38)35(8,9)10)27(30(25)40-22(3)4)20-21-28(36)23-16-18-24(19-17-23)41-32(37)34(5,6)7/h16-22H,12-15H2,1-11H3. The summed E-state index contributed by atoms with van der Waals surface area (Å²) in [6, 6.07) is 6.42. The van der Waals surface area contributed by atoms with Gasteiger partial charge in [0.25, 0.3) is 0 Å². The predicted octanol–water partition coefficient (Wildman–Crippen LogP) is 8.19. The first-order valence-electron chi connectivity index (χ1n) is 14.7. The Labute approximate surface area is 251 Å². The van der Waals surface area contributed by atoms with E-state index in [1.54, 1.807) is 79.0 Å². The zero-order valence-corrected chi connectivity index (χ0v) is 27.2. The summed E-state index contributed by atoms with van der Waals surface area (Å²) in [4.78, 5) is 38.7. The second-order valence-corrected chi connectivity index (χ2v) is 12.7. The number of hydrogen-bond acceptors (Lipinski definition) is 7. The van der Waals surface area contributed by atoms with Gasteiger partial charge >= 0.3 is 11.9 Å². The molecule has 0 heterocycles. The molecule has 0 aromatic heterocycles. The van der Waals surface area contributed by atoms with Crippen LogP contribution >= 0.6 is 0 Å². The van der Waals surface area contributed by atoms with Crippen LogP contribution in [-0.4, -0.2) is 30.9 Å². The molecule has 2 aromatic rings. The Morgan fingerprint density at radius 3 is 1.71 bits per heavy atom. The van der Waals surface area contributed by atoms with Crippen LogP contribution in [0.15, 0.2) is 30.3 Å². The summed E-state index contributed by atoms with van der Waals surface area (Å²) < 4.78 is 23.8. The molecule has 0 fully saturated rings. The predicted molar refractivity (Wildman–Crippen MR) is 167 cm³/mol. The first-order chi connectivity index (χ1) is 19.5. The van der Waals surface area contributed by atoms with Crippen molar-refractivity contribution in [2.45, 2.75) is 101 Å². The van der Waals surface area contributed by atoms with Crippen molar-refractivity contribution in [2.24, 2.45) is 10.8 Å². The van der Waals surface area contributed by atoms with E-state index in [-0.39, 0.29) is 17.9 Å². The van der Waals surface area contributed by atoms with Gasteiger partial charge in [0.1, 0.15) is 23.0 Å². The lowest BCUT2D eigenvalue weighted by Crippen LogP contribution is -2.26. The molecular formula is C35H48O7. The van der Waals surface area contributed by atoms with E-state index in [1.807, 2.05) is 20.8 Å². The number of ketones is 1. The largest absolute Gasteiger partial charge is 0.496 e. The van der Waals surface area contributed by atoms with Crippen LogP contribution in [0.5, 0.6) is 23.0 Å². The van der Waals surface area contributed by atoms with Gasteiger partial charge in [-0.25, -0.2) is 0 Å². The van der Waals surface area contributed by atoms with Gasteiger partial charge in [-0.1, -0.05) is 26.7 Å². The van der Waals surface area contributed by atoms with Crippen molar-refractivity contribution >= 4 is 23.8 Å². The van der Waals surface area contributed by atoms with Gasteiger partial charge in [-0.3, -0.25) is 14.4 Å². The van der Waals surface area contributed by atoms with Gasteiger partial charge in [-0.15, -0.1) is 0 Å². The maximum absolute atomic E-state index is 13.3. The highest BCUT2D eigenvalue weighted by Gasteiger charge is 2.31. The number of allylic oxidation sites excluding steroid dienone is 1. The fourth-order valence-corrected chi connectivity index (χ4v) is 4.10. The number of carbonyl (C=O) groups excluding carboxylic acids is 3. The highest BCUT2D eigenvalue weighted by molar-refractivity contribution is 6.07. The molecular weight excluding hydrogens is 532 g/mol. The molecule has 0 radical (unpaired) electrons. The van der Waals surface area contributed by atoms with Crippen LogP contribution < -0.4 is 18.9 Å². The van der Waals surface area contributed by atoms with Gasteiger partial charge in [-0.05, 0) is 105 Å². The smallest absolute Gasteiger partial charge is 0.316 e. The van der Waals surface area contributed by atoms with Crippen LogP contribution in [0.25, 0.3) is 6.08 Å². The fraction of sp³-hybridized carbons (Fsp3) is 0.514. The van der Waals surface area contributed by atoms with Crippen LogP contribution in [0, 0.1) is 10.8 Å². The third-order valence-corrected chi connectivity index (χ3v) is 6.31. The summed E-state index contributed by atoms with van der Waals surface area (Å²) in [5.41, 5.74) is 1.19. The van der Waals surface area contributed by atoms with E-state index < -0.39 is 16.8 Å². The molecule has 230 valence electrons. The van der Waals surface area contributed by atoms with Gasteiger partial charge in [0.2, 0.25) is 0 Å². The summed E-state index contributed by atoms with van der Waals surface area (Å²) >= 11 is 0. The number of benzene rings is 2. The molecule has 7 nitrogen and oxygen atoms in total. The Morgan fingerprint density at radius 2 is 1.26 bits per heavy atom. The lowest BCUT2D eigenvalue weighted by Gasteiger charge is -2.26. The van der Waals surface area contributed by atoms with Crippen molar-refractivity contribution in [1.82, 2.24) is 0 Å². The third kappa shape index (κ3) is 8.94. The summed E-state index contributed by atoms with van der Waals surface area (Å²) in [7, 11) is 1.61. The van der Waals surface area contributed by atoms with Crippen molar-refractivity contribution in [3.05, 3.63) is 52.6 Å². The Hall–Kier alpha value is -3.61. The molecule has 0 saturated heterocycles. The Balaban J connectivity index is 2.71. The van der Waals surface area contributed by atoms with Crippen LogP contribution in [0.4, 0.5) is 0 Å². The molecule has 0 N–H and O–H groups in total. The molecule has 0 spiro atoms. The molecule has 0 saturated carbocycles. The number of hydrogen-bond donors (Lipinski definition) is 0. The number of carbonyl (C=O) groups is 3. The lowest BCUT2D eigenvalue weighted by atomic mass is 9.93. The molecule has 0 aliphatic heterocycles. The van der Waals surface area contributed by atoms with Gasteiger partial charge < -0.3 is 18.9 Å². The van der Waals surface area contributed by atoms with Crippen molar-refractivity contribution in [1.29, 1.82) is 0 Å². The molecule has 0 aliphatic carbocycles. The van der Waals surface area contributed by atoms with E-state index in [9.17, 15) is 14.4 Å². The third-order valence-electron chi connectivity index (χ3n) is 6.31. The molecule has 7 heteroatoms. The highest BCUT2D eigenvalue weighted by Crippen LogP contribution is 2.47. The van der Waals surface area contributed by atoms with Crippen molar-refractivity contribution in [3.8, 4) is 23.0 Å². The fourth-order valence-electron chi connectivity index (χ4n) is 4.10. The SMILES string of the molecule is CCCc1c(OC(=O)C(C)(C)C)c(C=CC(=O)c2ccc(OC(=O)C(C)(C)C)cc2)c(OC(C)C)c(CCC)c1OC. The number of esters is 2. The quantitative estimate of drug-likeness (QED) is 0.108. The normalized spacial score (nSPS) is 12.0. The Kier molecular flexibility index (Phi) is 12.0. The maximum Gasteiger partial charge on any atom is 0.316 e. The Bertz CT molecular complexity index is 1290. The molecule has 0 atom stereocenters. The molecule has 2 aromatic carbocycles. The first-order valence-corrected chi connectivity index (χ1v) is 14.7. The van der Waals surface area contributed by atoms with E-state index in [1.165, 1.54) is 6.08 Å². The minimum Gasteiger partial charge on any atom is -0.496 e. The minimum atomic E-state index is -0.757. The van der Waals surface area contributed by atoms with E-state index in [2.05, 4.69) is 6.92 Å². The van der Waals surface area contributed by atoms with E-state index in [4.69, 9.17) is 18.9 Å². The molecule has 2 rings (SSSR count). The molecule has 0 unspecified atom stereocenters. The number of rotatable bonds is 12. The average molecular weight is 581 g/mol. The van der Waals surface area contributed by atoms with Crippen molar-refractivity contribution < 1.29 is 33.3 Å². The molecule has 42 heavy (non-hydrogen) atoms. The van der Waals surface area contributed by atoms with Crippen LogP contribution in [0.3, 0.4) is 0 Å². The monoisotopic (exact) mass is 580 g/mol. The zero-order chi connectivity index (χ0) is 31.8. The summed E-state index contributed by atoms with van der Waals surface area (Å²) in [5, 5.41) is 0. The van der Waals surface area contributed by atoms with Crippen molar-refractivity contribution in [3.63, 3.8) is 0 Å². The lowest BCUT2D eigenvalue weighted by molar-refractivity contribution is -0.143. The van der Waals surface area contributed by atoms with E-state index in [0.29, 0.717) is 47.0 Å². The summed E-state index contributed by atoms with van der Waals surface area (Å²) in [6.45, 7) is 18.7. The first kappa shape index (κ1) is 34.6. The van der Waals surface area contributed by atoms with E-state index in [0.717, 1.165) is 24.0 Å². The molecule has 0 aliphatic rings. The van der Waals surface area contributed by atoms with E-state index >= 15 is 0 Å². The van der Waals surface area contributed by atoms with Gasteiger partial charge in [-0.2, -0.15) is 0 Å². The van der Waals surface area contributed by atoms with Gasteiger partial charge in [0, 0.05) is 16.7 Å². The summed E-state index contributed by atoms with van der Waals surface area (Å²) in [5.74, 6) is 0.866. The second kappa shape index (κ2) is 14.5.